The average Bonchev–Trinajstić information content (AvgIpc) is 3.15. The molecule has 0 atom stereocenters. The molecule has 0 aliphatic heterocycles. The van der Waals surface area contributed by atoms with Gasteiger partial charge in [0.05, 0.1) is 46.6 Å². The molecule has 0 bridgehead atoms. The van der Waals surface area contributed by atoms with Crippen LogP contribution in [-0.4, -0.2) is 67.8 Å². The SMILES string of the molecule is CN(C)C(N(C)C(=O)N(c1ccccc1)c1ccccc1)=[N+](C)C.c1ccc([B-](c2ccccc2)(c2ccccc2)c2ccccc2)cc1. The number of guanidine groups is 1. The summed E-state index contributed by atoms with van der Waals surface area (Å²) in [7, 11) is 9.49. The number of carbonyl (C=O) groups is 1. The summed E-state index contributed by atoms with van der Waals surface area (Å²) in [5.74, 6) is 0.803. The van der Waals surface area contributed by atoms with Crippen LogP contribution in [0.2, 0.25) is 0 Å². The van der Waals surface area contributed by atoms with Gasteiger partial charge in [0.25, 0.3) is 0 Å². The zero-order chi connectivity index (χ0) is 34.6. The van der Waals surface area contributed by atoms with Crippen molar-refractivity contribution in [2.75, 3.05) is 40.1 Å². The van der Waals surface area contributed by atoms with Crippen molar-refractivity contribution in [3.8, 4) is 0 Å². The molecule has 0 aliphatic carbocycles. The molecule has 0 fully saturated rings. The minimum Gasteiger partial charge on any atom is -0.270 e. The normalized spacial score (nSPS) is 10.6. The molecule has 6 aromatic rings. The third kappa shape index (κ3) is 7.66. The number of rotatable bonds is 6. The Morgan fingerprint density at radius 3 is 0.959 bits per heavy atom. The van der Waals surface area contributed by atoms with E-state index in [1.807, 2.05) is 98.3 Å². The first-order valence-electron chi connectivity index (χ1n) is 16.6. The van der Waals surface area contributed by atoms with E-state index < -0.39 is 6.15 Å². The first-order chi connectivity index (χ1) is 23.9. The Morgan fingerprint density at radius 1 is 0.449 bits per heavy atom. The zero-order valence-electron chi connectivity index (χ0n) is 29.1. The van der Waals surface area contributed by atoms with Crippen LogP contribution in [0.25, 0.3) is 0 Å². The molecule has 0 heterocycles. The van der Waals surface area contributed by atoms with Gasteiger partial charge in [-0.1, -0.05) is 158 Å². The minimum absolute atomic E-state index is 0.121. The molecule has 0 spiro atoms. The number of benzene rings is 6. The maximum Gasteiger partial charge on any atom is 0.393 e. The summed E-state index contributed by atoms with van der Waals surface area (Å²) >= 11 is 0. The molecule has 0 radical (unpaired) electrons. The highest BCUT2D eigenvalue weighted by atomic mass is 16.2. The number of amides is 2. The fourth-order valence-corrected chi connectivity index (χ4v) is 6.88. The lowest BCUT2D eigenvalue weighted by molar-refractivity contribution is -0.474. The highest BCUT2D eigenvalue weighted by molar-refractivity contribution is 7.19. The summed E-state index contributed by atoms with van der Waals surface area (Å²) in [4.78, 5) is 18.6. The fourth-order valence-electron chi connectivity index (χ4n) is 6.88. The van der Waals surface area contributed by atoms with Crippen LogP contribution in [0.3, 0.4) is 0 Å². The van der Waals surface area contributed by atoms with Gasteiger partial charge in [0.1, 0.15) is 6.15 Å². The highest BCUT2D eigenvalue weighted by Gasteiger charge is 2.32. The average molecular weight is 645 g/mol. The van der Waals surface area contributed by atoms with Gasteiger partial charge in [-0.25, -0.2) is 9.69 Å². The van der Waals surface area contributed by atoms with Crippen LogP contribution in [0, 0.1) is 0 Å². The number of urea groups is 1. The maximum atomic E-state index is 13.3. The van der Waals surface area contributed by atoms with Gasteiger partial charge in [-0.05, 0) is 24.3 Å². The van der Waals surface area contributed by atoms with Crippen LogP contribution < -0.4 is 26.8 Å². The summed E-state index contributed by atoms with van der Waals surface area (Å²) in [5.41, 5.74) is 7.02. The molecule has 0 unspecified atom stereocenters. The lowest BCUT2D eigenvalue weighted by atomic mass is 9.13. The van der Waals surface area contributed by atoms with Crippen LogP contribution in [0.5, 0.6) is 0 Å². The summed E-state index contributed by atoms with van der Waals surface area (Å²) in [6.07, 6.45) is -1.22. The zero-order valence-corrected chi connectivity index (χ0v) is 29.1. The van der Waals surface area contributed by atoms with Gasteiger partial charge in [0.15, 0.2) is 0 Å². The quantitative estimate of drug-likeness (QED) is 0.0946. The molecule has 246 valence electrons. The van der Waals surface area contributed by atoms with Crippen molar-refractivity contribution in [2.45, 2.75) is 0 Å². The van der Waals surface area contributed by atoms with Crippen molar-refractivity contribution in [1.29, 1.82) is 0 Å². The second kappa shape index (κ2) is 16.3. The smallest absolute Gasteiger partial charge is 0.270 e. The van der Waals surface area contributed by atoms with E-state index in [-0.39, 0.29) is 6.03 Å². The van der Waals surface area contributed by atoms with E-state index in [9.17, 15) is 4.79 Å². The van der Waals surface area contributed by atoms with Gasteiger partial charge in [0, 0.05) is 0 Å². The first-order valence-corrected chi connectivity index (χ1v) is 16.6. The number of nitrogens with zero attached hydrogens (tertiary/aromatic N) is 4. The summed E-state index contributed by atoms with van der Waals surface area (Å²) in [6, 6.07) is 62.8. The second-order valence-corrected chi connectivity index (χ2v) is 12.4. The number of carbonyl (C=O) groups excluding carboxylic acids is 1. The topological polar surface area (TPSA) is 29.8 Å². The summed E-state index contributed by atoms with van der Waals surface area (Å²) < 4.78 is 1.92. The lowest BCUT2D eigenvalue weighted by Crippen LogP contribution is -2.74. The Kier molecular flexibility index (Phi) is 11.5. The molecular weight excluding hydrogens is 599 g/mol. The minimum atomic E-state index is -1.22. The van der Waals surface area contributed by atoms with E-state index in [1.54, 1.807) is 16.8 Å². The van der Waals surface area contributed by atoms with Crippen molar-refractivity contribution in [2.24, 2.45) is 0 Å². The van der Waals surface area contributed by atoms with Crippen molar-refractivity contribution in [1.82, 2.24) is 9.80 Å². The Labute approximate surface area is 291 Å². The molecule has 2 amide bonds. The van der Waals surface area contributed by atoms with E-state index >= 15 is 0 Å². The standard InChI is InChI=1S/C24H20B.C19H25N4O/c1-5-13-21(14-6-1)25(22-15-7-2-8-16-22,23-17-9-3-10-18-23)24-19-11-4-12-20-24;1-20(2)18(21(3)4)22(5)19(24)23(16-12-8-6-9-13-16)17-14-10-7-11-15-17/h1-20H;6-15H,1-5H3/q-1;+1. The monoisotopic (exact) mass is 644 g/mol. The third-order valence-electron chi connectivity index (χ3n) is 8.81. The van der Waals surface area contributed by atoms with E-state index in [2.05, 4.69) is 121 Å². The molecule has 5 nitrogen and oxygen atoms in total. The van der Waals surface area contributed by atoms with Crippen LogP contribution in [-0.2, 0) is 0 Å². The first kappa shape index (κ1) is 34.5. The second-order valence-electron chi connectivity index (χ2n) is 12.4. The van der Waals surface area contributed by atoms with Gasteiger partial charge < -0.3 is 0 Å². The number of anilines is 2. The molecule has 6 rings (SSSR count). The Bertz CT molecular complexity index is 1710. The summed E-state index contributed by atoms with van der Waals surface area (Å²) in [5, 5.41) is 0. The number of hydrogen-bond donors (Lipinski definition) is 0. The van der Waals surface area contributed by atoms with E-state index in [0.29, 0.717) is 0 Å². The molecular formula is C43H45BN4O. The van der Waals surface area contributed by atoms with Gasteiger partial charge in [0.2, 0.25) is 0 Å². The fraction of sp³-hybridized carbons (Fsp3) is 0.116. The van der Waals surface area contributed by atoms with E-state index in [0.717, 1.165) is 17.3 Å². The van der Waals surface area contributed by atoms with Crippen molar-refractivity contribution >= 4 is 51.4 Å². The van der Waals surface area contributed by atoms with E-state index in [4.69, 9.17) is 0 Å². The lowest BCUT2D eigenvalue weighted by Gasteiger charge is -2.44. The molecule has 0 aliphatic rings. The molecule has 49 heavy (non-hydrogen) atoms. The van der Waals surface area contributed by atoms with E-state index in [1.165, 1.54) is 21.9 Å². The summed E-state index contributed by atoms with van der Waals surface area (Å²) in [6.45, 7) is 0. The largest absolute Gasteiger partial charge is 0.393 e. The number of hydrogen-bond acceptors (Lipinski definition) is 1. The van der Waals surface area contributed by atoms with Crippen LogP contribution in [0.15, 0.2) is 182 Å². The van der Waals surface area contributed by atoms with Crippen molar-refractivity contribution in [3.05, 3.63) is 182 Å². The third-order valence-corrected chi connectivity index (χ3v) is 8.81. The maximum absolute atomic E-state index is 13.3. The van der Waals surface area contributed by atoms with Gasteiger partial charge >= 0.3 is 12.0 Å². The Balaban J connectivity index is 0.000000191. The molecule has 0 saturated carbocycles. The van der Waals surface area contributed by atoms with Crippen molar-refractivity contribution < 1.29 is 9.37 Å². The van der Waals surface area contributed by atoms with Gasteiger partial charge in [-0.3, -0.25) is 9.48 Å². The molecule has 0 saturated heterocycles. The predicted octanol–water partition coefficient (Wildman–Crippen LogP) is 6.13. The van der Waals surface area contributed by atoms with Crippen LogP contribution >= 0.6 is 0 Å². The van der Waals surface area contributed by atoms with Crippen LogP contribution in [0.1, 0.15) is 0 Å². The highest BCUT2D eigenvalue weighted by Crippen LogP contribution is 2.26. The Morgan fingerprint density at radius 2 is 0.714 bits per heavy atom. The molecule has 0 N–H and O–H groups in total. The number of para-hydroxylation sites is 2. The Hall–Kier alpha value is -5.88. The molecule has 6 heteroatoms. The molecule has 0 aromatic heterocycles. The van der Waals surface area contributed by atoms with Crippen LogP contribution in [0.4, 0.5) is 16.2 Å². The molecule has 6 aromatic carbocycles. The van der Waals surface area contributed by atoms with Gasteiger partial charge in [-0.15, -0.1) is 0 Å². The van der Waals surface area contributed by atoms with Crippen molar-refractivity contribution in [3.63, 3.8) is 0 Å². The predicted molar refractivity (Wildman–Crippen MR) is 209 cm³/mol. The van der Waals surface area contributed by atoms with Gasteiger partial charge in [-0.2, -0.15) is 26.8 Å².